The molecule has 0 saturated heterocycles. The first-order chi connectivity index (χ1) is 12.5. The minimum Gasteiger partial charge on any atom is -0.459 e. The van der Waals surface area contributed by atoms with Crippen molar-refractivity contribution in [2.45, 2.75) is 26.1 Å². The van der Waals surface area contributed by atoms with Crippen LogP contribution in [0.1, 0.15) is 24.5 Å². The SMILES string of the molecule is CC(O)C(=O)OCc1cccc(-c2ccc(C3=CCOCC3)c(F)c2)c1. The summed E-state index contributed by atoms with van der Waals surface area (Å²) in [4.78, 5) is 11.4. The maximum atomic E-state index is 14.6. The molecule has 1 N–H and O–H groups in total. The normalized spacial score (nSPS) is 15.3. The zero-order valence-corrected chi connectivity index (χ0v) is 14.6. The molecule has 4 nitrogen and oxygen atoms in total. The molecule has 2 aromatic rings. The summed E-state index contributed by atoms with van der Waals surface area (Å²) < 4.78 is 24.9. The van der Waals surface area contributed by atoms with Crippen LogP contribution in [-0.4, -0.2) is 30.4 Å². The number of ether oxygens (including phenoxy) is 2. The zero-order chi connectivity index (χ0) is 18.5. The lowest BCUT2D eigenvalue weighted by molar-refractivity contribution is -0.153. The number of aliphatic hydroxyl groups is 1. The number of carbonyl (C=O) groups is 1. The summed E-state index contributed by atoms with van der Waals surface area (Å²) in [6.45, 7) is 2.55. The van der Waals surface area contributed by atoms with E-state index >= 15 is 0 Å². The lowest BCUT2D eigenvalue weighted by Crippen LogP contribution is -2.18. The third-order valence-corrected chi connectivity index (χ3v) is 4.26. The molecular formula is C21H21FO4. The number of rotatable bonds is 5. The number of benzene rings is 2. The fourth-order valence-electron chi connectivity index (χ4n) is 2.84. The Bertz CT molecular complexity index is 827. The van der Waals surface area contributed by atoms with Gasteiger partial charge in [-0.25, -0.2) is 9.18 Å². The van der Waals surface area contributed by atoms with Crippen molar-refractivity contribution in [2.24, 2.45) is 0 Å². The standard InChI is InChI=1S/C21H21FO4/c1-14(23)21(24)26-13-15-3-2-4-17(11-15)18-5-6-19(20(22)12-18)16-7-9-25-10-8-16/h2-7,11-12,14,23H,8-10,13H2,1H3. The molecule has 1 aliphatic heterocycles. The Morgan fingerprint density at radius 3 is 2.77 bits per heavy atom. The molecule has 0 saturated carbocycles. The smallest absolute Gasteiger partial charge is 0.334 e. The molecule has 0 spiro atoms. The van der Waals surface area contributed by atoms with Gasteiger partial charge in [-0.15, -0.1) is 0 Å². The van der Waals surface area contributed by atoms with Crippen molar-refractivity contribution in [3.63, 3.8) is 0 Å². The Balaban J connectivity index is 1.78. The van der Waals surface area contributed by atoms with E-state index in [0.717, 1.165) is 22.3 Å². The summed E-state index contributed by atoms with van der Waals surface area (Å²) in [5.41, 5.74) is 3.94. The van der Waals surface area contributed by atoms with E-state index in [2.05, 4.69) is 0 Å². The molecule has 3 rings (SSSR count). The van der Waals surface area contributed by atoms with E-state index < -0.39 is 12.1 Å². The summed E-state index contributed by atoms with van der Waals surface area (Å²) in [6, 6.07) is 12.6. The fourth-order valence-corrected chi connectivity index (χ4v) is 2.84. The average Bonchev–Trinajstić information content (AvgIpc) is 2.67. The minimum atomic E-state index is -1.15. The largest absolute Gasteiger partial charge is 0.459 e. The molecule has 5 heteroatoms. The first-order valence-corrected chi connectivity index (χ1v) is 8.55. The molecule has 1 atom stereocenters. The van der Waals surface area contributed by atoms with Crippen LogP contribution in [0.5, 0.6) is 0 Å². The number of halogens is 1. The molecule has 1 heterocycles. The van der Waals surface area contributed by atoms with E-state index in [0.29, 0.717) is 25.2 Å². The van der Waals surface area contributed by atoms with Crippen LogP contribution in [0.2, 0.25) is 0 Å². The topological polar surface area (TPSA) is 55.8 Å². The van der Waals surface area contributed by atoms with Crippen LogP contribution in [0.4, 0.5) is 4.39 Å². The molecule has 0 bridgehead atoms. The van der Waals surface area contributed by atoms with Gasteiger partial charge in [0.05, 0.1) is 13.2 Å². The quantitative estimate of drug-likeness (QED) is 0.830. The highest BCUT2D eigenvalue weighted by molar-refractivity contribution is 5.74. The monoisotopic (exact) mass is 356 g/mol. The van der Waals surface area contributed by atoms with Gasteiger partial charge in [-0.2, -0.15) is 0 Å². The number of aliphatic hydroxyl groups excluding tert-OH is 1. The molecular weight excluding hydrogens is 335 g/mol. The Morgan fingerprint density at radius 1 is 1.27 bits per heavy atom. The van der Waals surface area contributed by atoms with E-state index in [1.807, 2.05) is 36.4 Å². The Morgan fingerprint density at radius 2 is 2.08 bits per heavy atom. The summed E-state index contributed by atoms with van der Waals surface area (Å²) in [7, 11) is 0. The molecule has 0 aliphatic carbocycles. The Kier molecular flexibility index (Phi) is 5.81. The molecule has 136 valence electrons. The first-order valence-electron chi connectivity index (χ1n) is 8.55. The molecule has 26 heavy (non-hydrogen) atoms. The fraction of sp³-hybridized carbons (Fsp3) is 0.286. The van der Waals surface area contributed by atoms with Crippen LogP contribution in [0.15, 0.2) is 48.5 Å². The van der Waals surface area contributed by atoms with Gasteiger partial charge in [-0.3, -0.25) is 0 Å². The van der Waals surface area contributed by atoms with Gasteiger partial charge in [0.2, 0.25) is 0 Å². The van der Waals surface area contributed by atoms with Gasteiger partial charge in [0.1, 0.15) is 18.5 Å². The van der Waals surface area contributed by atoms with Gasteiger partial charge >= 0.3 is 5.97 Å². The van der Waals surface area contributed by atoms with E-state index in [1.165, 1.54) is 13.0 Å². The molecule has 1 aliphatic rings. The highest BCUT2D eigenvalue weighted by Gasteiger charge is 2.13. The van der Waals surface area contributed by atoms with Crippen LogP contribution in [0, 0.1) is 5.82 Å². The molecule has 0 amide bonds. The maximum absolute atomic E-state index is 14.6. The number of hydrogen-bond acceptors (Lipinski definition) is 4. The van der Waals surface area contributed by atoms with Crippen molar-refractivity contribution >= 4 is 11.5 Å². The summed E-state index contributed by atoms with van der Waals surface area (Å²) >= 11 is 0. The van der Waals surface area contributed by atoms with Gasteiger partial charge in [-0.05, 0) is 47.7 Å². The number of carbonyl (C=O) groups excluding carboxylic acids is 1. The predicted molar refractivity (Wildman–Crippen MR) is 96.7 cm³/mol. The van der Waals surface area contributed by atoms with Crippen molar-refractivity contribution in [3.8, 4) is 11.1 Å². The second-order valence-corrected chi connectivity index (χ2v) is 6.23. The predicted octanol–water partition coefficient (Wildman–Crippen LogP) is 3.72. The molecule has 2 aromatic carbocycles. The molecule has 1 unspecified atom stereocenters. The van der Waals surface area contributed by atoms with Gasteiger partial charge in [-0.1, -0.05) is 36.4 Å². The van der Waals surface area contributed by atoms with Crippen molar-refractivity contribution in [1.29, 1.82) is 0 Å². The summed E-state index contributed by atoms with van der Waals surface area (Å²) in [5.74, 6) is -0.933. The second-order valence-electron chi connectivity index (χ2n) is 6.23. The highest BCUT2D eigenvalue weighted by atomic mass is 19.1. The average molecular weight is 356 g/mol. The zero-order valence-electron chi connectivity index (χ0n) is 14.6. The lowest BCUT2D eigenvalue weighted by Gasteiger charge is -2.15. The molecule has 0 aromatic heterocycles. The van der Waals surface area contributed by atoms with E-state index in [1.54, 1.807) is 6.07 Å². The van der Waals surface area contributed by atoms with Crippen molar-refractivity contribution in [3.05, 3.63) is 65.5 Å². The van der Waals surface area contributed by atoms with Crippen molar-refractivity contribution < 1.29 is 23.8 Å². The van der Waals surface area contributed by atoms with Gasteiger partial charge in [0.15, 0.2) is 0 Å². The second kappa shape index (κ2) is 8.25. The van der Waals surface area contributed by atoms with Gasteiger partial charge < -0.3 is 14.6 Å². The minimum absolute atomic E-state index is 0.0605. The molecule has 0 fully saturated rings. The van der Waals surface area contributed by atoms with Crippen molar-refractivity contribution in [2.75, 3.05) is 13.2 Å². The van der Waals surface area contributed by atoms with Gasteiger partial charge in [0, 0.05) is 5.56 Å². The molecule has 0 radical (unpaired) electrons. The van der Waals surface area contributed by atoms with Crippen molar-refractivity contribution in [1.82, 2.24) is 0 Å². The first kappa shape index (κ1) is 18.3. The third kappa shape index (κ3) is 4.36. The van der Waals surface area contributed by atoms with Gasteiger partial charge in [0.25, 0.3) is 0 Å². The summed E-state index contributed by atoms with van der Waals surface area (Å²) in [6.07, 6.45) is 1.47. The highest BCUT2D eigenvalue weighted by Crippen LogP contribution is 2.28. The third-order valence-electron chi connectivity index (χ3n) is 4.26. The van der Waals surface area contributed by atoms with E-state index in [4.69, 9.17) is 14.6 Å². The number of hydrogen-bond donors (Lipinski definition) is 1. The summed E-state index contributed by atoms with van der Waals surface area (Å²) in [5, 5.41) is 9.17. The maximum Gasteiger partial charge on any atom is 0.334 e. The van der Waals surface area contributed by atoms with E-state index in [-0.39, 0.29) is 12.4 Å². The Labute approximate surface area is 151 Å². The van der Waals surface area contributed by atoms with Crippen LogP contribution in [0.3, 0.4) is 0 Å². The van der Waals surface area contributed by atoms with Crippen LogP contribution < -0.4 is 0 Å². The van der Waals surface area contributed by atoms with Crippen LogP contribution >= 0.6 is 0 Å². The van der Waals surface area contributed by atoms with E-state index in [9.17, 15) is 9.18 Å². The van der Waals surface area contributed by atoms with Crippen LogP contribution in [0.25, 0.3) is 16.7 Å². The Hall–Kier alpha value is -2.50. The van der Waals surface area contributed by atoms with Crippen LogP contribution in [-0.2, 0) is 20.9 Å². The lowest BCUT2D eigenvalue weighted by atomic mass is 9.96. The number of esters is 1.